The van der Waals surface area contributed by atoms with Crippen LogP contribution in [0.5, 0.6) is 5.75 Å². The van der Waals surface area contributed by atoms with E-state index >= 15 is 8.63 Å². The van der Waals surface area contributed by atoms with Gasteiger partial charge in [0.2, 0.25) is 0 Å². The van der Waals surface area contributed by atoms with Gasteiger partial charge in [0.25, 0.3) is 0 Å². The van der Waals surface area contributed by atoms with E-state index in [4.69, 9.17) is 4.74 Å². The molecule has 0 radical (unpaired) electrons. The van der Waals surface area contributed by atoms with Crippen LogP contribution in [0.2, 0.25) is 0 Å². The van der Waals surface area contributed by atoms with E-state index in [0.717, 1.165) is 14.9 Å². The van der Waals surface area contributed by atoms with Crippen LogP contribution in [0.1, 0.15) is 11.3 Å². The maximum Gasteiger partial charge on any atom is 0.737 e. The second kappa shape index (κ2) is 5.79. The number of allylic oxidation sites excluding steroid dienone is 2. The number of thiophene rings is 1. The van der Waals surface area contributed by atoms with E-state index in [1.807, 2.05) is 23.6 Å². The van der Waals surface area contributed by atoms with Gasteiger partial charge in [0.15, 0.2) is 11.4 Å². The number of hydrogen-bond acceptors (Lipinski definition) is 2. The van der Waals surface area contributed by atoms with Gasteiger partial charge in [-0.3, -0.25) is 0 Å². The van der Waals surface area contributed by atoms with Gasteiger partial charge in [-0.1, -0.05) is 6.07 Å². The Morgan fingerprint density at radius 1 is 1.04 bits per heavy atom. The van der Waals surface area contributed by atoms with E-state index < -0.39 is 6.97 Å². The molecule has 5 rings (SSSR count). The van der Waals surface area contributed by atoms with E-state index in [0.29, 0.717) is 28.5 Å². The zero-order chi connectivity index (χ0) is 18.6. The lowest BCUT2D eigenvalue weighted by Gasteiger charge is -2.30. The minimum absolute atomic E-state index is 0.491. The summed E-state index contributed by atoms with van der Waals surface area (Å²) in [6.07, 6.45) is 5.31. The lowest BCUT2D eigenvalue weighted by Crippen LogP contribution is -2.50. The number of rotatable bonds is 3. The first-order valence-electron chi connectivity index (χ1n) is 8.57. The SMILES string of the molecule is COc1ccc(C2=[N+]3C(=Cc4ccc(-c5cccs5)n4[B-]3(F)F)C=C2)cc1. The molecule has 3 nitrogen and oxygen atoms in total. The second-order valence-corrected chi connectivity index (χ2v) is 7.41. The summed E-state index contributed by atoms with van der Waals surface area (Å²) in [5, 5.41) is 1.90. The van der Waals surface area contributed by atoms with Crippen molar-refractivity contribution in [1.82, 2.24) is 4.48 Å². The zero-order valence-electron chi connectivity index (χ0n) is 14.5. The van der Waals surface area contributed by atoms with Crippen molar-refractivity contribution < 1.29 is 17.9 Å². The van der Waals surface area contributed by atoms with Gasteiger partial charge >= 0.3 is 6.97 Å². The number of nitrogens with zero attached hydrogens (tertiary/aromatic N) is 2. The van der Waals surface area contributed by atoms with Crippen molar-refractivity contribution in [2.45, 2.75) is 0 Å². The molecule has 0 unspecified atom stereocenters. The summed E-state index contributed by atoms with van der Waals surface area (Å²) >= 11 is 1.46. The number of fused-ring (bicyclic) bond motifs is 2. The summed E-state index contributed by atoms with van der Waals surface area (Å²) in [6, 6.07) is 14.5. The first-order valence-corrected chi connectivity index (χ1v) is 9.45. The Balaban J connectivity index is 1.70. The Kier molecular flexibility index (Phi) is 3.49. The van der Waals surface area contributed by atoms with Gasteiger partial charge < -0.3 is 22.3 Å². The molecule has 7 heteroatoms. The van der Waals surface area contributed by atoms with Gasteiger partial charge in [-0.15, -0.1) is 11.3 Å². The van der Waals surface area contributed by atoms with Gasteiger partial charge in [0.05, 0.1) is 7.11 Å². The molecule has 0 saturated carbocycles. The van der Waals surface area contributed by atoms with E-state index in [-0.39, 0.29) is 0 Å². The smallest absolute Gasteiger partial charge is 0.497 e. The monoisotopic (exact) mass is 380 g/mol. The van der Waals surface area contributed by atoms with Crippen LogP contribution in [0.25, 0.3) is 16.6 Å². The highest BCUT2D eigenvalue weighted by Gasteiger charge is 2.52. The highest BCUT2D eigenvalue weighted by Crippen LogP contribution is 2.37. The maximum atomic E-state index is 15.7. The van der Waals surface area contributed by atoms with Gasteiger partial charge in [0, 0.05) is 40.1 Å². The molecular weight excluding hydrogens is 365 g/mol. The Morgan fingerprint density at radius 2 is 1.85 bits per heavy atom. The quantitative estimate of drug-likeness (QED) is 0.593. The highest BCUT2D eigenvalue weighted by molar-refractivity contribution is 7.13. The van der Waals surface area contributed by atoms with Crippen LogP contribution in [0.15, 0.2) is 71.8 Å². The van der Waals surface area contributed by atoms with E-state index in [1.165, 1.54) is 15.8 Å². The molecule has 0 amide bonds. The molecule has 0 aliphatic carbocycles. The Hall–Kier alpha value is -2.93. The fourth-order valence-corrected chi connectivity index (χ4v) is 4.49. The van der Waals surface area contributed by atoms with Crippen molar-refractivity contribution in [3.05, 3.63) is 83.0 Å². The molecule has 2 aliphatic heterocycles. The van der Waals surface area contributed by atoms with Crippen LogP contribution in [-0.2, 0) is 0 Å². The predicted molar refractivity (Wildman–Crippen MR) is 106 cm³/mol. The van der Waals surface area contributed by atoms with Gasteiger partial charge in [0.1, 0.15) is 5.75 Å². The molecule has 27 heavy (non-hydrogen) atoms. The molecule has 4 heterocycles. The zero-order valence-corrected chi connectivity index (χ0v) is 15.3. The average molecular weight is 380 g/mol. The molecule has 1 aromatic carbocycles. The highest BCUT2D eigenvalue weighted by atomic mass is 32.1. The van der Waals surface area contributed by atoms with Crippen molar-refractivity contribution >= 4 is 30.1 Å². The molecule has 0 bridgehead atoms. The number of ether oxygens (including phenoxy) is 1. The summed E-state index contributed by atoms with van der Waals surface area (Å²) in [7, 11) is 1.58. The first kappa shape index (κ1) is 16.3. The van der Waals surface area contributed by atoms with E-state index in [9.17, 15) is 0 Å². The standard InChI is InChI=1S/C20H15BF2N2OS/c1-26-17-8-4-14(5-9-17)18-10-6-15-13-16-7-11-19(20-3-2-12-27-20)25(16)21(22,23)24(15)18/h2-13H,1H3. The Morgan fingerprint density at radius 3 is 2.56 bits per heavy atom. The van der Waals surface area contributed by atoms with E-state index in [2.05, 4.69) is 0 Å². The third kappa shape index (κ3) is 2.35. The summed E-state index contributed by atoms with van der Waals surface area (Å²) in [5.41, 5.74) is 2.79. The molecule has 0 atom stereocenters. The van der Waals surface area contributed by atoms with Crippen molar-refractivity contribution in [2.75, 3.05) is 7.11 Å². The fraction of sp³-hybridized carbons (Fsp3) is 0.0500. The topological polar surface area (TPSA) is 17.2 Å². The summed E-state index contributed by atoms with van der Waals surface area (Å²) in [4.78, 5) is 0.831. The Labute approximate surface area is 159 Å². The van der Waals surface area contributed by atoms with Crippen LogP contribution in [0.3, 0.4) is 0 Å². The third-order valence-electron chi connectivity index (χ3n) is 4.98. The predicted octanol–water partition coefficient (Wildman–Crippen LogP) is 4.87. The molecule has 2 aromatic heterocycles. The number of benzene rings is 1. The van der Waals surface area contributed by atoms with Crippen molar-refractivity contribution in [3.8, 4) is 16.3 Å². The van der Waals surface area contributed by atoms with Crippen molar-refractivity contribution in [1.29, 1.82) is 0 Å². The van der Waals surface area contributed by atoms with Crippen LogP contribution >= 0.6 is 11.3 Å². The third-order valence-corrected chi connectivity index (χ3v) is 5.87. The van der Waals surface area contributed by atoms with Gasteiger partial charge in [-0.25, -0.2) is 0 Å². The fourth-order valence-electron chi connectivity index (χ4n) is 3.75. The summed E-state index contributed by atoms with van der Waals surface area (Å²) < 4.78 is 39.0. The van der Waals surface area contributed by atoms with Crippen LogP contribution in [0, 0.1) is 0 Å². The molecule has 2 aliphatic rings. The summed E-state index contributed by atoms with van der Waals surface area (Å²) in [5.74, 6) is 0.695. The number of hydrogen-bond donors (Lipinski definition) is 0. The van der Waals surface area contributed by atoms with E-state index in [1.54, 1.807) is 55.7 Å². The summed E-state index contributed by atoms with van der Waals surface area (Å²) in [6.45, 7) is -4.02. The van der Waals surface area contributed by atoms with Crippen LogP contribution in [0.4, 0.5) is 8.63 Å². The molecule has 0 spiro atoms. The normalized spacial score (nSPS) is 16.9. The second-order valence-electron chi connectivity index (χ2n) is 6.47. The lowest BCUT2D eigenvalue weighted by atomic mass is 9.90. The minimum atomic E-state index is -4.02. The Bertz CT molecular complexity index is 1130. The molecule has 0 fully saturated rings. The number of halogens is 2. The molecule has 0 N–H and O–H groups in total. The van der Waals surface area contributed by atoms with Crippen molar-refractivity contribution in [2.24, 2.45) is 0 Å². The molecular formula is C20H15BF2N2OS. The average Bonchev–Trinajstić information content (AvgIpc) is 3.41. The number of aromatic nitrogens is 1. The van der Waals surface area contributed by atoms with Crippen LogP contribution < -0.4 is 4.74 Å². The number of methoxy groups -OCH3 is 1. The molecule has 3 aromatic rings. The molecule has 0 saturated heterocycles. The minimum Gasteiger partial charge on any atom is -0.497 e. The van der Waals surface area contributed by atoms with Gasteiger partial charge in [-0.05, 0) is 47.8 Å². The maximum absolute atomic E-state index is 15.7. The van der Waals surface area contributed by atoms with Gasteiger partial charge in [-0.2, -0.15) is 0 Å². The lowest BCUT2D eigenvalue weighted by molar-refractivity contribution is -0.360. The van der Waals surface area contributed by atoms with Crippen molar-refractivity contribution in [3.63, 3.8) is 0 Å². The largest absolute Gasteiger partial charge is 0.737 e. The first-order chi connectivity index (χ1) is 13.1. The van der Waals surface area contributed by atoms with Crippen LogP contribution in [-0.4, -0.2) is 28.8 Å². The molecule has 134 valence electrons.